The van der Waals surface area contributed by atoms with E-state index in [2.05, 4.69) is 24.3 Å². The Morgan fingerprint density at radius 3 is 2.70 bits per heavy atom. The number of hydrogen-bond acceptors (Lipinski definition) is 2. The molecule has 2 aromatic carbocycles. The molecule has 0 bridgehead atoms. The second kappa shape index (κ2) is 5.68. The van der Waals surface area contributed by atoms with Gasteiger partial charge in [0.15, 0.2) is 0 Å². The first-order valence-corrected chi connectivity index (χ1v) is 7.25. The standard InChI is InChI=1S/C18H20O2/c1-2-20-15-10-6-9-14(11-15)18(19)17-12-16(17)13-7-4-3-5-8-13/h3-11,16-19H,2,12H2,1H3. The molecule has 0 spiro atoms. The molecule has 1 aliphatic carbocycles. The summed E-state index contributed by atoms with van der Waals surface area (Å²) in [5.74, 6) is 1.65. The van der Waals surface area contributed by atoms with Crippen LogP contribution < -0.4 is 4.74 Å². The summed E-state index contributed by atoms with van der Waals surface area (Å²) in [4.78, 5) is 0. The first-order valence-electron chi connectivity index (χ1n) is 7.25. The van der Waals surface area contributed by atoms with Gasteiger partial charge in [-0.3, -0.25) is 0 Å². The van der Waals surface area contributed by atoms with Crippen LogP contribution in [0.25, 0.3) is 0 Å². The van der Waals surface area contributed by atoms with Crippen molar-refractivity contribution in [2.45, 2.75) is 25.4 Å². The fourth-order valence-corrected chi connectivity index (χ4v) is 2.85. The van der Waals surface area contributed by atoms with E-state index in [1.54, 1.807) is 0 Å². The molecule has 1 N–H and O–H groups in total. The summed E-state index contributed by atoms with van der Waals surface area (Å²) < 4.78 is 5.50. The third kappa shape index (κ3) is 2.70. The van der Waals surface area contributed by atoms with Crippen LogP contribution in [-0.2, 0) is 0 Å². The van der Waals surface area contributed by atoms with Crippen molar-refractivity contribution in [1.29, 1.82) is 0 Å². The average molecular weight is 268 g/mol. The molecule has 2 heteroatoms. The van der Waals surface area contributed by atoms with Gasteiger partial charge >= 0.3 is 0 Å². The van der Waals surface area contributed by atoms with Crippen molar-refractivity contribution < 1.29 is 9.84 Å². The Morgan fingerprint density at radius 2 is 1.95 bits per heavy atom. The Bertz CT molecular complexity index is 565. The van der Waals surface area contributed by atoms with Gasteiger partial charge in [-0.25, -0.2) is 0 Å². The molecule has 1 aliphatic rings. The van der Waals surface area contributed by atoms with Crippen molar-refractivity contribution in [3.63, 3.8) is 0 Å². The fraction of sp³-hybridized carbons (Fsp3) is 0.333. The molecule has 104 valence electrons. The highest BCUT2D eigenvalue weighted by molar-refractivity contribution is 5.33. The van der Waals surface area contributed by atoms with Gasteiger partial charge in [-0.1, -0.05) is 42.5 Å². The van der Waals surface area contributed by atoms with Gasteiger partial charge < -0.3 is 9.84 Å². The summed E-state index contributed by atoms with van der Waals surface area (Å²) in [7, 11) is 0. The van der Waals surface area contributed by atoms with Gasteiger partial charge in [0.05, 0.1) is 12.7 Å². The molecule has 3 atom stereocenters. The second-order valence-corrected chi connectivity index (χ2v) is 5.37. The van der Waals surface area contributed by atoms with Crippen molar-refractivity contribution in [3.8, 4) is 5.75 Å². The van der Waals surface area contributed by atoms with Crippen LogP contribution in [-0.4, -0.2) is 11.7 Å². The van der Waals surface area contributed by atoms with Gasteiger partial charge in [0.25, 0.3) is 0 Å². The zero-order chi connectivity index (χ0) is 13.9. The third-order valence-corrected chi connectivity index (χ3v) is 3.98. The van der Waals surface area contributed by atoms with Gasteiger partial charge in [-0.05, 0) is 48.4 Å². The number of rotatable bonds is 5. The number of aliphatic hydroxyl groups excluding tert-OH is 1. The van der Waals surface area contributed by atoms with Crippen molar-refractivity contribution in [3.05, 3.63) is 65.7 Å². The zero-order valence-corrected chi connectivity index (χ0v) is 11.7. The smallest absolute Gasteiger partial charge is 0.119 e. The maximum Gasteiger partial charge on any atom is 0.119 e. The molecule has 0 aliphatic heterocycles. The second-order valence-electron chi connectivity index (χ2n) is 5.37. The van der Waals surface area contributed by atoms with Crippen LogP contribution >= 0.6 is 0 Å². The fourth-order valence-electron chi connectivity index (χ4n) is 2.85. The first-order chi connectivity index (χ1) is 9.79. The van der Waals surface area contributed by atoms with Crippen LogP contribution in [0.2, 0.25) is 0 Å². The predicted octanol–water partition coefficient (Wildman–Crippen LogP) is 3.92. The molecular formula is C18H20O2. The van der Waals surface area contributed by atoms with Crippen molar-refractivity contribution >= 4 is 0 Å². The normalized spacial score (nSPS) is 22.3. The molecule has 1 fully saturated rings. The molecule has 20 heavy (non-hydrogen) atoms. The minimum absolute atomic E-state index is 0.328. The minimum atomic E-state index is -0.402. The largest absolute Gasteiger partial charge is 0.494 e. The lowest BCUT2D eigenvalue weighted by atomic mass is 10.0. The van der Waals surface area contributed by atoms with Crippen LogP contribution in [0, 0.1) is 5.92 Å². The molecular weight excluding hydrogens is 248 g/mol. The number of aliphatic hydroxyl groups is 1. The molecule has 0 saturated heterocycles. The summed E-state index contributed by atoms with van der Waals surface area (Å²) >= 11 is 0. The van der Waals surface area contributed by atoms with Crippen molar-refractivity contribution in [1.82, 2.24) is 0 Å². The van der Waals surface area contributed by atoms with E-state index in [0.29, 0.717) is 18.4 Å². The van der Waals surface area contributed by atoms with Crippen molar-refractivity contribution in [2.24, 2.45) is 5.92 Å². The van der Waals surface area contributed by atoms with Gasteiger partial charge in [-0.2, -0.15) is 0 Å². The van der Waals surface area contributed by atoms with E-state index < -0.39 is 6.10 Å². The summed E-state index contributed by atoms with van der Waals surface area (Å²) in [5.41, 5.74) is 2.29. The topological polar surface area (TPSA) is 29.5 Å². The van der Waals surface area contributed by atoms with Gasteiger partial charge in [-0.15, -0.1) is 0 Å². The van der Waals surface area contributed by atoms with Crippen LogP contribution in [0.15, 0.2) is 54.6 Å². The molecule has 2 aromatic rings. The summed E-state index contributed by atoms with van der Waals surface area (Å²) in [6.07, 6.45) is 0.657. The number of hydrogen-bond donors (Lipinski definition) is 1. The molecule has 1 saturated carbocycles. The van der Waals surface area contributed by atoms with Crippen LogP contribution in [0.5, 0.6) is 5.75 Å². The summed E-state index contributed by atoms with van der Waals surface area (Å²) in [6.45, 7) is 2.62. The highest BCUT2D eigenvalue weighted by atomic mass is 16.5. The van der Waals surface area contributed by atoms with E-state index in [0.717, 1.165) is 17.7 Å². The Balaban J connectivity index is 1.71. The van der Waals surface area contributed by atoms with Gasteiger partial charge in [0, 0.05) is 0 Å². The Kier molecular flexibility index (Phi) is 3.75. The zero-order valence-electron chi connectivity index (χ0n) is 11.7. The summed E-state index contributed by atoms with van der Waals surface area (Å²) in [5, 5.41) is 10.5. The minimum Gasteiger partial charge on any atom is -0.494 e. The molecule has 3 unspecified atom stereocenters. The lowest BCUT2D eigenvalue weighted by molar-refractivity contribution is 0.151. The molecule has 0 radical (unpaired) electrons. The van der Waals surface area contributed by atoms with E-state index in [9.17, 15) is 5.11 Å². The van der Waals surface area contributed by atoms with E-state index >= 15 is 0 Å². The van der Waals surface area contributed by atoms with E-state index in [1.807, 2.05) is 37.3 Å². The number of ether oxygens (including phenoxy) is 1. The van der Waals surface area contributed by atoms with E-state index in [1.165, 1.54) is 5.56 Å². The lowest BCUT2D eigenvalue weighted by Gasteiger charge is -2.12. The predicted molar refractivity (Wildman–Crippen MR) is 79.9 cm³/mol. The molecule has 2 nitrogen and oxygen atoms in total. The van der Waals surface area contributed by atoms with Gasteiger partial charge in [0.2, 0.25) is 0 Å². The highest BCUT2D eigenvalue weighted by Crippen LogP contribution is 2.54. The van der Waals surface area contributed by atoms with Crippen molar-refractivity contribution in [2.75, 3.05) is 6.61 Å². The van der Waals surface area contributed by atoms with E-state index in [4.69, 9.17) is 4.74 Å². The van der Waals surface area contributed by atoms with Gasteiger partial charge in [0.1, 0.15) is 5.75 Å². The molecule has 0 heterocycles. The first kappa shape index (κ1) is 13.2. The van der Waals surface area contributed by atoms with E-state index in [-0.39, 0.29) is 0 Å². The quantitative estimate of drug-likeness (QED) is 0.890. The summed E-state index contributed by atoms with van der Waals surface area (Å²) in [6, 6.07) is 18.3. The maximum atomic E-state index is 10.5. The molecule has 3 rings (SSSR count). The maximum absolute atomic E-state index is 10.5. The highest BCUT2D eigenvalue weighted by Gasteiger charge is 2.43. The van der Waals surface area contributed by atoms with Crippen LogP contribution in [0.4, 0.5) is 0 Å². The Morgan fingerprint density at radius 1 is 1.15 bits per heavy atom. The third-order valence-electron chi connectivity index (χ3n) is 3.98. The van der Waals surface area contributed by atoms with Crippen LogP contribution in [0.3, 0.4) is 0 Å². The molecule has 0 aromatic heterocycles. The number of benzene rings is 2. The molecule has 0 amide bonds. The Hall–Kier alpha value is -1.80. The SMILES string of the molecule is CCOc1cccc(C(O)C2CC2c2ccccc2)c1. The monoisotopic (exact) mass is 268 g/mol. The Labute approximate surface area is 120 Å². The lowest BCUT2D eigenvalue weighted by Crippen LogP contribution is -2.02. The average Bonchev–Trinajstić information content (AvgIpc) is 3.29. The van der Waals surface area contributed by atoms with Crippen LogP contribution in [0.1, 0.15) is 36.5 Å².